The average molecular weight is 296 g/mol. The molecule has 0 bridgehead atoms. The SMILES string of the molecule is C/C(=N\NC(=O)COc1ccccc1)c1ccc(C)c(C)c1. The highest BCUT2D eigenvalue weighted by Crippen LogP contribution is 2.10. The molecule has 0 aliphatic rings. The molecule has 0 aromatic heterocycles. The molecule has 0 fully saturated rings. The fourth-order valence-corrected chi connectivity index (χ4v) is 1.88. The topological polar surface area (TPSA) is 50.7 Å². The van der Waals surface area contributed by atoms with Gasteiger partial charge in [0.15, 0.2) is 6.61 Å². The Morgan fingerprint density at radius 1 is 1.09 bits per heavy atom. The van der Waals surface area contributed by atoms with Crippen LogP contribution in [0.5, 0.6) is 5.75 Å². The maximum atomic E-state index is 11.7. The van der Waals surface area contributed by atoms with E-state index in [4.69, 9.17) is 4.74 Å². The third-order valence-corrected chi connectivity index (χ3v) is 3.39. The van der Waals surface area contributed by atoms with Crippen LogP contribution in [0.1, 0.15) is 23.6 Å². The molecule has 22 heavy (non-hydrogen) atoms. The Morgan fingerprint density at radius 2 is 1.82 bits per heavy atom. The largest absolute Gasteiger partial charge is 0.484 e. The van der Waals surface area contributed by atoms with Crippen molar-refractivity contribution in [3.8, 4) is 5.75 Å². The Morgan fingerprint density at radius 3 is 2.50 bits per heavy atom. The van der Waals surface area contributed by atoms with Gasteiger partial charge in [0.05, 0.1) is 5.71 Å². The number of rotatable bonds is 5. The first-order valence-electron chi connectivity index (χ1n) is 7.15. The van der Waals surface area contributed by atoms with Gasteiger partial charge in [-0.25, -0.2) is 5.43 Å². The molecule has 0 saturated heterocycles. The molecular formula is C18H20N2O2. The number of carbonyl (C=O) groups is 1. The minimum absolute atomic E-state index is 0.0618. The molecule has 0 unspecified atom stereocenters. The van der Waals surface area contributed by atoms with Gasteiger partial charge in [-0.05, 0) is 55.7 Å². The number of hydrogen-bond acceptors (Lipinski definition) is 3. The van der Waals surface area contributed by atoms with Crippen LogP contribution in [-0.4, -0.2) is 18.2 Å². The van der Waals surface area contributed by atoms with Gasteiger partial charge in [-0.3, -0.25) is 4.79 Å². The second kappa shape index (κ2) is 7.41. The maximum Gasteiger partial charge on any atom is 0.277 e. The van der Waals surface area contributed by atoms with Crippen LogP contribution < -0.4 is 10.2 Å². The van der Waals surface area contributed by atoms with Gasteiger partial charge in [-0.2, -0.15) is 5.10 Å². The monoisotopic (exact) mass is 296 g/mol. The third kappa shape index (κ3) is 4.45. The van der Waals surface area contributed by atoms with E-state index < -0.39 is 0 Å². The first-order chi connectivity index (χ1) is 10.6. The van der Waals surface area contributed by atoms with Crippen molar-refractivity contribution in [2.45, 2.75) is 20.8 Å². The van der Waals surface area contributed by atoms with Gasteiger partial charge in [0.1, 0.15) is 5.75 Å². The zero-order valence-corrected chi connectivity index (χ0v) is 13.1. The van der Waals surface area contributed by atoms with Crippen molar-refractivity contribution >= 4 is 11.6 Å². The van der Waals surface area contributed by atoms with E-state index in [9.17, 15) is 4.79 Å². The highest BCUT2D eigenvalue weighted by atomic mass is 16.5. The number of nitrogens with one attached hydrogen (secondary N) is 1. The number of benzene rings is 2. The van der Waals surface area contributed by atoms with Crippen LogP contribution >= 0.6 is 0 Å². The molecule has 0 heterocycles. The molecule has 0 saturated carbocycles. The van der Waals surface area contributed by atoms with Crippen LogP contribution in [0.3, 0.4) is 0 Å². The lowest BCUT2D eigenvalue weighted by atomic mass is 10.0. The number of amides is 1. The molecule has 0 aliphatic heterocycles. The summed E-state index contributed by atoms with van der Waals surface area (Å²) in [4.78, 5) is 11.7. The van der Waals surface area contributed by atoms with E-state index in [2.05, 4.69) is 30.4 Å². The van der Waals surface area contributed by atoms with Gasteiger partial charge in [0, 0.05) is 0 Å². The van der Waals surface area contributed by atoms with Crippen molar-refractivity contribution in [1.29, 1.82) is 0 Å². The van der Waals surface area contributed by atoms with Crippen LogP contribution in [0.15, 0.2) is 53.6 Å². The van der Waals surface area contributed by atoms with Crippen LogP contribution in [-0.2, 0) is 4.79 Å². The predicted molar refractivity (Wildman–Crippen MR) is 88.2 cm³/mol. The lowest BCUT2D eigenvalue weighted by Gasteiger charge is -2.07. The first-order valence-corrected chi connectivity index (χ1v) is 7.15. The quantitative estimate of drug-likeness (QED) is 0.680. The minimum Gasteiger partial charge on any atom is -0.484 e. The Bertz CT molecular complexity index is 679. The number of aryl methyl sites for hydroxylation is 2. The van der Waals surface area contributed by atoms with Crippen LogP contribution in [0.2, 0.25) is 0 Å². The molecule has 2 aromatic rings. The number of ether oxygens (including phenoxy) is 1. The van der Waals surface area contributed by atoms with Crippen LogP contribution in [0.25, 0.3) is 0 Å². The molecule has 0 aliphatic carbocycles. The second-order valence-corrected chi connectivity index (χ2v) is 5.13. The van der Waals surface area contributed by atoms with Gasteiger partial charge in [-0.1, -0.05) is 30.3 Å². The van der Waals surface area contributed by atoms with Crippen molar-refractivity contribution < 1.29 is 9.53 Å². The molecule has 4 nitrogen and oxygen atoms in total. The maximum absolute atomic E-state index is 11.7. The number of carbonyl (C=O) groups excluding carboxylic acids is 1. The van der Waals surface area contributed by atoms with Crippen LogP contribution in [0.4, 0.5) is 0 Å². The normalized spacial score (nSPS) is 11.1. The summed E-state index contributed by atoms with van der Waals surface area (Å²) in [6.45, 7) is 5.92. The Kier molecular flexibility index (Phi) is 5.31. The van der Waals surface area contributed by atoms with Crippen molar-refractivity contribution in [2.24, 2.45) is 5.10 Å². The lowest BCUT2D eigenvalue weighted by molar-refractivity contribution is -0.123. The molecule has 2 aromatic carbocycles. The van der Waals surface area contributed by atoms with Crippen molar-refractivity contribution in [2.75, 3.05) is 6.61 Å². The summed E-state index contributed by atoms with van der Waals surface area (Å²) in [6.07, 6.45) is 0. The van der Waals surface area contributed by atoms with Gasteiger partial charge >= 0.3 is 0 Å². The number of para-hydroxylation sites is 1. The summed E-state index contributed by atoms with van der Waals surface area (Å²) in [6, 6.07) is 15.3. The lowest BCUT2D eigenvalue weighted by Crippen LogP contribution is -2.25. The van der Waals surface area contributed by atoms with Gasteiger partial charge in [0.25, 0.3) is 5.91 Å². The van der Waals surface area contributed by atoms with E-state index >= 15 is 0 Å². The van der Waals surface area contributed by atoms with E-state index in [1.807, 2.05) is 37.3 Å². The second-order valence-electron chi connectivity index (χ2n) is 5.13. The van der Waals surface area contributed by atoms with Gasteiger partial charge in [0.2, 0.25) is 0 Å². The number of nitrogens with zero attached hydrogens (tertiary/aromatic N) is 1. The molecule has 2 rings (SSSR count). The summed E-state index contributed by atoms with van der Waals surface area (Å²) < 4.78 is 5.36. The number of hydrazone groups is 1. The summed E-state index contributed by atoms with van der Waals surface area (Å²) in [5, 5.41) is 4.11. The highest BCUT2D eigenvalue weighted by Gasteiger charge is 2.03. The molecule has 1 amide bonds. The zero-order chi connectivity index (χ0) is 15.9. The van der Waals surface area contributed by atoms with E-state index in [1.165, 1.54) is 11.1 Å². The molecule has 4 heteroatoms. The first kappa shape index (κ1) is 15.8. The molecule has 0 radical (unpaired) electrons. The van der Waals surface area contributed by atoms with Crippen molar-refractivity contribution in [3.05, 3.63) is 65.2 Å². The average Bonchev–Trinajstić information content (AvgIpc) is 2.54. The summed E-state index contributed by atoms with van der Waals surface area (Å²) in [5.74, 6) is 0.375. The standard InChI is InChI=1S/C18H20N2O2/c1-13-9-10-16(11-14(13)2)15(3)19-20-18(21)12-22-17-7-5-4-6-8-17/h4-11H,12H2,1-3H3,(H,20,21)/b19-15+. The summed E-state index contributed by atoms with van der Waals surface area (Å²) >= 11 is 0. The van der Waals surface area contributed by atoms with E-state index in [0.29, 0.717) is 5.75 Å². The van der Waals surface area contributed by atoms with Crippen molar-refractivity contribution in [1.82, 2.24) is 5.43 Å². The van der Waals surface area contributed by atoms with Crippen LogP contribution in [0, 0.1) is 13.8 Å². The Labute approximate surface area is 130 Å². The summed E-state index contributed by atoms with van der Waals surface area (Å²) in [5.41, 5.74) is 6.70. The Hall–Kier alpha value is -2.62. The smallest absolute Gasteiger partial charge is 0.277 e. The zero-order valence-electron chi connectivity index (χ0n) is 13.1. The molecule has 1 N–H and O–H groups in total. The van der Waals surface area contributed by atoms with Gasteiger partial charge in [-0.15, -0.1) is 0 Å². The fourth-order valence-electron chi connectivity index (χ4n) is 1.88. The predicted octanol–water partition coefficient (Wildman–Crippen LogP) is 3.22. The summed E-state index contributed by atoms with van der Waals surface area (Å²) in [7, 11) is 0. The van der Waals surface area contributed by atoms with E-state index in [1.54, 1.807) is 12.1 Å². The molecular weight excluding hydrogens is 276 g/mol. The third-order valence-electron chi connectivity index (χ3n) is 3.39. The minimum atomic E-state index is -0.285. The van der Waals surface area contributed by atoms with Crippen molar-refractivity contribution in [3.63, 3.8) is 0 Å². The number of hydrogen-bond donors (Lipinski definition) is 1. The highest BCUT2D eigenvalue weighted by molar-refractivity contribution is 5.99. The molecule has 0 spiro atoms. The van der Waals surface area contributed by atoms with Gasteiger partial charge < -0.3 is 4.74 Å². The van der Waals surface area contributed by atoms with E-state index in [-0.39, 0.29) is 12.5 Å². The van der Waals surface area contributed by atoms with E-state index in [0.717, 1.165) is 11.3 Å². The fraction of sp³-hybridized carbons (Fsp3) is 0.222. The Balaban J connectivity index is 1.90. The molecule has 0 atom stereocenters. The molecule has 114 valence electrons.